The van der Waals surface area contributed by atoms with E-state index in [0.717, 1.165) is 70.6 Å². The first kappa shape index (κ1) is 33.6. The molecule has 3 aromatic carbocycles. The van der Waals surface area contributed by atoms with Gasteiger partial charge in [-0.2, -0.15) is 0 Å². The van der Waals surface area contributed by atoms with E-state index in [4.69, 9.17) is 4.74 Å². The lowest BCUT2D eigenvalue weighted by molar-refractivity contribution is -0.00322. The van der Waals surface area contributed by atoms with Crippen LogP contribution in [0.2, 0.25) is 0 Å². The average molecular weight is 631 g/mol. The zero-order valence-corrected chi connectivity index (χ0v) is 26.3. The van der Waals surface area contributed by atoms with Gasteiger partial charge in [0.15, 0.2) is 34.9 Å². The van der Waals surface area contributed by atoms with Crippen LogP contribution in [0.3, 0.4) is 0 Å². The van der Waals surface area contributed by atoms with Gasteiger partial charge in [-0.15, -0.1) is 0 Å². The summed E-state index contributed by atoms with van der Waals surface area (Å²) in [4.78, 5) is 0. The van der Waals surface area contributed by atoms with E-state index in [1.165, 1.54) is 24.3 Å². The quantitative estimate of drug-likeness (QED) is 0.151. The number of rotatable bonds is 11. The van der Waals surface area contributed by atoms with Gasteiger partial charge in [0.2, 0.25) is 0 Å². The minimum atomic E-state index is -1.21. The average Bonchev–Trinajstić information content (AvgIpc) is 3.06. The van der Waals surface area contributed by atoms with Crippen molar-refractivity contribution in [3.8, 4) is 11.1 Å². The lowest BCUT2D eigenvalue weighted by Crippen LogP contribution is -2.28. The van der Waals surface area contributed by atoms with Crippen LogP contribution in [-0.2, 0) is 24.2 Å². The summed E-state index contributed by atoms with van der Waals surface area (Å²) in [5.74, 6) is -4.75. The van der Waals surface area contributed by atoms with Gasteiger partial charge in [-0.25, -0.2) is 26.3 Å². The normalized spacial score (nSPS) is 22.1. The molecule has 0 unspecified atom stereocenters. The van der Waals surface area contributed by atoms with Crippen molar-refractivity contribution in [2.75, 3.05) is 0 Å². The molecule has 0 aromatic heterocycles. The Morgan fingerprint density at radius 2 is 1.09 bits per heavy atom. The minimum Gasteiger partial charge on any atom is -0.373 e. The third-order valence-electron chi connectivity index (χ3n) is 10.3. The first-order valence-electron chi connectivity index (χ1n) is 16.8. The van der Waals surface area contributed by atoms with Crippen molar-refractivity contribution >= 4 is 0 Å². The zero-order valence-electron chi connectivity index (χ0n) is 26.3. The number of aryl methyl sites for hydroxylation is 2. The number of halogens is 6. The molecule has 2 saturated carbocycles. The molecule has 5 rings (SSSR count). The SMILES string of the molecule is CCCCCc1ccc(-c2ccc(COC3CCC(C4CCC(c5ccc(CC)c(F)c5F)CC4)CC3)c(F)c2F)c(F)c1F. The van der Waals surface area contributed by atoms with Gasteiger partial charge in [-0.3, -0.25) is 0 Å². The standard InChI is InChI=1S/C38H44F6O/c1-3-5-6-7-27-15-20-31(37(43)34(27)40)32-21-16-28(35(41)38(32)44)22-45-29-17-12-25(13-18-29)24-8-10-26(11-9-24)30-19-14-23(4-2)33(39)36(30)42/h14-16,19-21,24-26,29H,3-13,17-18,22H2,1-2H3. The summed E-state index contributed by atoms with van der Waals surface area (Å²) in [6.07, 6.45) is 10.6. The second-order valence-corrected chi connectivity index (χ2v) is 13.0. The number of benzene rings is 3. The first-order chi connectivity index (χ1) is 21.7. The second-order valence-electron chi connectivity index (χ2n) is 13.0. The highest BCUT2D eigenvalue weighted by molar-refractivity contribution is 5.66. The van der Waals surface area contributed by atoms with E-state index in [1.54, 1.807) is 12.1 Å². The highest BCUT2D eigenvalue weighted by Gasteiger charge is 2.33. The molecule has 0 atom stereocenters. The highest BCUT2D eigenvalue weighted by Crippen LogP contribution is 2.44. The maximum atomic E-state index is 15.1. The van der Waals surface area contributed by atoms with Crippen LogP contribution in [-0.4, -0.2) is 6.10 Å². The molecule has 0 saturated heterocycles. The lowest BCUT2D eigenvalue weighted by Gasteiger charge is -2.38. The topological polar surface area (TPSA) is 9.23 Å². The predicted octanol–water partition coefficient (Wildman–Crippen LogP) is 11.5. The Balaban J connectivity index is 1.12. The maximum Gasteiger partial charge on any atom is 0.167 e. The number of ether oxygens (including phenoxy) is 1. The molecule has 2 aliphatic carbocycles. The van der Waals surface area contributed by atoms with Gasteiger partial charge in [0, 0.05) is 16.7 Å². The van der Waals surface area contributed by atoms with E-state index in [9.17, 15) is 17.6 Å². The first-order valence-corrected chi connectivity index (χ1v) is 16.8. The van der Waals surface area contributed by atoms with Gasteiger partial charge in [0.05, 0.1) is 12.7 Å². The maximum absolute atomic E-state index is 15.1. The van der Waals surface area contributed by atoms with E-state index in [-0.39, 0.29) is 40.9 Å². The van der Waals surface area contributed by atoms with Gasteiger partial charge in [0.1, 0.15) is 0 Å². The Kier molecular flexibility index (Phi) is 11.3. The van der Waals surface area contributed by atoms with Crippen LogP contribution in [0.5, 0.6) is 0 Å². The summed E-state index contributed by atoms with van der Waals surface area (Å²) in [6.45, 7) is 3.74. The predicted molar refractivity (Wildman–Crippen MR) is 166 cm³/mol. The fourth-order valence-electron chi connectivity index (χ4n) is 7.49. The Labute approximate surface area is 263 Å². The van der Waals surface area contributed by atoms with E-state index in [1.807, 2.05) is 13.8 Å². The van der Waals surface area contributed by atoms with Gasteiger partial charge >= 0.3 is 0 Å². The monoisotopic (exact) mass is 630 g/mol. The Morgan fingerprint density at radius 1 is 0.556 bits per heavy atom. The molecule has 0 bridgehead atoms. The Bertz CT molecular complexity index is 1450. The van der Waals surface area contributed by atoms with Crippen LogP contribution in [0, 0.1) is 46.7 Å². The minimum absolute atomic E-state index is 0.0457. The molecule has 0 radical (unpaired) electrons. The molecule has 244 valence electrons. The third kappa shape index (κ3) is 7.45. The van der Waals surface area contributed by atoms with E-state index in [0.29, 0.717) is 35.8 Å². The van der Waals surface area contributed by atoms with Crippen molar-refractivity contribution in [1.29, 1.82) is 0 Å². The molecule has 0 heterocycles. The summed E-state index contributed by atoms with van der Waals surface area (Å²) in [5.41, 5.74) is 0.597. The van der Waals surface area contributed by atoms with Crippen molar-refractivity contribution in [2.24, 2.45) is 11.8 Å². The number of hydrogen-bond acceptors (Lipinski definition) is 1. The van der Waals surface area contributed by atoms with Crippen LogP contribution >= 0.6 is 0 Å². The molecular formula is C38H44F6O. The molecule has 2 fully saturated rings. The summed E-state index contributed by atoms with van der Waals surface area (Å²) in [5, 5.41) is 0. The van der Waals surface area contributed by atoms with Crippen LogP contribution in [0.25, 0.3) is 11.1 Å². The largest absolute Gasteiger partial charge is 0.373 e. The third-order valence-corrected chi connectivity index (χ3v) is 10.3. The van der Waals surface area contributed by atoms with Gasteiger partial charge < -0.3 is 4.74 Å². The molecule has 1 nitrogen and oxygen atoms in total. The Hall–Kier alpha value is -2.80. The van der Waals surface area contributed by atoms with Gasteiger partial charge in [-0.05, 0) is 105 Å². The van der Waals surface area contributed by atoms with Crippen molar-refractivity contribution in [3.63, 3.8) is 0 Å². The van der Waals surface area contributed by atoms with Crippen molar-refractivity contribution in [3.05, 3.63) is 93.6 Å². The van der Waals surface area contributed by atoms with Crippen LogP contribution in [0.4, 0.5) is 26.3 Å². The molecule has 0 N–H and O–H groups in total. The van der Waals surface area contributed by atoms with E-state index in [2.05, 4.69) is 0 Å². The second kappa shape index (κ2) is 15.2. The fraction of sp³-hybridized carbons (Fsp3) is 0.526. The summed E-state index contributed by atoms with van der Waals surface area (Å²) in [6, 6.07) is 8.92. The molecule has 0 amide bonds. The Morgan fingerprint density at radius 3 is 1.69 bits per heavy atom. The smallest absolute Gasteiger partial charge is 0.167 e. The van der Waals surface area contributed by atoms with Crippen LogP contribution < -0.4 is 0 Å². The summed E-state index contributed by atoms with van der Waals surface area (Å²) in [7, 11) is 0. The van der Waals surface area contributed by atoms with E-state index < -0.39 is 34.9 Å². The van der Waals surface area contributed by atoms with Crippen LogP contribution in [0.1, 0.15) is 113 Å². The molecule has 7 heteroatoms. The van der Waals surface area contributed by atoms with Gasteiger partial charge in [-0.1, -0.05) is 63.1 Å². The molecule has 3 aromatic rings. The molecule has 45 heavy (non-hydrogen) atoms. The molecule has 0 spiro atoms. The van der Waals surface area contributed by atoms with Gasteiger partial charge in [0.25, 0.3) is 0 Å². The lowest BCUT2D eigenvalue weighted by atomic mass is 9.69. The zero-order chi connectivity index (χ0) is 32.1. The van der Waals surface area contributed by atoms with Crippen molar-refractivity contribution in [1.82, 2.24) is 0 Å². The van der Waals surface area contributed by atoms with Crippen molar-refractivity contribution in [2.45, 2.75) is 116 Å². The van der Waals surface area contributed by atoms with Crippen molar-refractivity contribution < 1.29 is 31.1 Å². The van der Waals surface area contributed by atoms with E-state index >= 15 is 8.78 Å². The highest BCUT2D eigenvalue weighted by atomic mass is 19.2. The fourth-order valence-corrected chi connectivity index (χ4v) is 7.49. The summed E-state index contributed by atoms with van der Waals surface area (Å²) < 4.78 is 94.7. The number of unbranched alkanes of at least 4 members (excludes halogenated alkanes) is 2. The molecule has 0 aliphatic heterocycles. The molecular weight excluding hydrogens is 586 g/mol. The number of hydrogen-bond donors (Lipinski definition) is 0. The van der Waals surface area contributed by atoms with Crippen LogP contribution in [0.15, 0.2) is 36.4 Å². The summed E-state index contributed by atoms with van der Waals surface area (Å²) >= 11 is 0. The molecule has 2 aliphatic rings.